The molecule has 5 heteroatoms. The van der Waals surface area contributed by atoms with Crippen molar-refractivity contribution >= 4 is 11.9 Å². The monoisotopic (exact) mass is 331 g/mol. The van der Waals surface area contributed by atoms with Crippen molar-refractivity contribution in [1.29, 1.82) is 0 Å². The first kappa shape index (κ1) is 14.9. The summed E-state index contributed by atoms with van der Waals surface area (Å²) in [5, 5.41) is 22.7. The first-order valence-corrected chi connectivity index (χ1v) is 9.05. The molecule has 4 aliphatic carbocycles. The van der Waals surface area contributed by atoms with Gasteiger partial charge < -0.3 is 19.7 Å². The van der Waals surface area contributed by atoms with E-state index in [-0.39, 0.29) is 24.2 Å². The van der Waals surface area contributed by atoms with E-state index in [4.69, 9.17) is 4.74 Å². The predicted molar refractivity (Wildman–Crippen MR) is 81.2 cm³/mol. The molecule has 1 aliphatic heterocycles. The molecule has 4 bridgehead atoms. The molecule has 0 amide bonds. The van der Waals surface area contributed by atoms with E-state index < -0.39 is 34.4 Å². The summed E-state index contributed by atoms with van der Waals surface area (Å²) in [6, 6.07) is 0. The summed E-state index contributed by atoms with van der Waals surface area (Å²) in [4.78, 5) is 25.0. The van der Waals surface area contributed by atoms with E-state index in [2.05, 4.69) is 6.58 Å². The van der Waals surface area contributed by atoms with Crippen LogP contribution < -0.4 is 5.11 Å². The number of carboxylic acids is 1. The van der Waals surface area contributed by atoms with Crippen molar-refractivity contribution in [2.24, 2.45) is 34.5 Å². The van der Waals surface area contributed by atoms with Gasteiger partial charge in [-0.25, -0.2) is 0 Å². The summed E-state index contributed by atoms with van der Waals surface area (Å²) < 4.78 is 5.98. The maximum atomic E-state index is 12.7. The van der Waals surface area contributed by atoms with Gasteiger partial charge in [-0.3, -0.25) is 4.79 Å². The molecule has 1 N–H and O–H groups in total. The van der Waals surface area contributed by atoms with Gasteiger partial charge in [-0.1, -0.05) is 12.2 Å². The van der Waals surface area contributed by atoms with Crippen molar-refractivity contribution in [3.8, 4) is 0 Å². The SMILES string of the molecule is C=C1C[C@]23C[C@H]1CC[C@H]2[C@@]12C[C@H](O)C[C@](C)(C(=O)O1)[C@H]2[C@@H]3C(=O)[O-]. The van der Waals surface area contributed by atoms with Crippen LogP contribution in [0.15, 0.2) is 12.2 Å². The third-order valence-corrected chi connectivity index (χ3v) is 8.23. The average Bonchev–Trinajstić information content (AvgIpc) is 2.92. The number of aliphatic hydroxyl groups is 1. The van der Waals surface area contributed by atoms with Crippen molar-refractivity contribution < 1.29 is 24.5 Å². The minimum absolute atomic E-state index is 0.00544. The molecule has 5 fully saturated rings. The summed E-state index contributed by atoms with van der Waals surface area (Å²) in [6.45, 7) is 5.99. The van der Waals surface area contributed by atoms with Crippen LogP contribution in [0.3, 0.4) is 0 Å². The molecule has 1 heterocycles. The highest BCUT2D eigenvalue weighted by molar-refractivity contribution is 5.84. The number of hydrogen-bond acceptors (Lipinski definition) is 5. The number of hydrogen-bond donors (Lipinski definition) is 1. The number of ether oxygens (including phenoxy) is 1. The largest absolute Gasteiger partial charge is 0.550 e. The van der Waals surface area contributed by atoms with Crippen LogP contribution >= 0.6 is 0 Å². The van der Waals surface area contributed by atoms with Gasteiger partial charge in [-0.2, -0.15) is 0 Å². The maximum Gasteiger partial charge on any atom is 0.312 e. The van der Waals surface area contributed by atoms with Gasteiger partial charge in [0, 0.05) is 30.1 Å². The van der Waals surface area contributed by atoms with Gasteiger partial charge in [0.05, 0.1) is 11.5 Å². The predicted octanol–water partition coefficient (Wildman–Crippen LogP) is 0.801. The topological polar surface area (TPSA) is 86.7 Å². The Balaban J connectivity index is 1.75. The first-order chi connectivity index (χ1) is 11.2. The zero-order valence-electron chi connectivity index (χ0n) is 13.9. The number of allylic oxidation sites excluding steroid dienone is 1. The maximum absolute atomic E-state index is 12.7. The zero-order chi connectivity index (χ0) is 17.1. The fourth-order valence-electron chi connectivity index (χ4n) is 7.76. The van der Waals surface area contributed by atoms with Gasteiger partial charge in [0.15, 0.2) is 0 Å². The Kier molecular flexibility index (Phi) is 2.53. The molecule has 1 spiro atoms. The quantitative estimate of drug-likeness (QED) is 0.567. The molecule has 24 heavy (non-hydrogen) atoms. The molecule has 0 aromatic heterocycles. The fourth-order valence-corrected chi connectivity index (χ4v) is 7.76. The molecule has 0 aromatic carbocycles. The third kappa shape index (κ3) is 1.36. The van der Waals surface area contributed by atoms with Gasteiger partial charge in [0.25, 0.3) is 0 Å². The Morgan fingerprint density at radius 3 is 2.79 bits per heavy atom. The second-order valence-corrected chi connectivity index (χ2v) is 9.20. The molecule has 1 saturated heterocycles. The molecule has 0 aromatic rings. The number of fused-ring (bicyclic) bond motifs is 1. The molecule has 130 valence electrons. The van der Waals surface area contributed by atoms with E-state index in [1.54, 1.807) is 6.92 Å². The van der Waals surface area contributed by atoms with Gasteiger partial charge in [-0.05, 0) is 50.4 Å². The highest BCUT2D eigenvalue weighted by atomic mass is 16.6. The van der Waals surface area contributed by atoms with E-state index in [0.29, 0.717) is 18.8 Å². The Morgan fingerprint density at radius 1 is 1.33 bits per heavy atom. The minimum atomic E-state index is -1.05. The Morgan fingerprint density at radius 2 is 2.08 bits per heavy atom. The van der Waals surface area contributed by atoms with Crippen molar-refractivity contribution in [3.63, 3.8) is 0 Å². The lowest BCUT2D eigenvalue weighted by atomic mass is 9.59. The number of carbonyl (C=O) groups excluding carboxylic acids is 2. The van der Waals surface area contributed by atoms with E-state index >= 15 is 0 Å². The molecule has 0 unspecified atom stereocenters. The van der Waals surface area contributed by atoms with Gasteiger partial charge >= 0.3 is 5.97 Å². The van der Waals surface area contributed by atoms with Crippen molar-refractivity contribution in [2.75, 3.05) is 0 Å². The highest BCUT2D eigenvalue weighted by Gasteiger charge is 2.81. The summed E-state index contributed by atoms with van der Waals surface area (Å²) in [5.74, 6) is -2.08. The lowest BCUT2D eigenvalue weighted by Gasteiger charge is -2.44. The lowest BCUT2D eigenvalue weighted by Crippen LogP contribution is -2.52. The van der Waals surface area contributed by atoms with E-state index in [1.807, 2.05) is 0 Å². The van der Waals surface area contributed by atoms with E-state index in [1.165, 1.54) is 0 Å². The molecular formula is C19H23O5-. The van der Waals surface area contributed by atoms with Crippen molar-refractivity contribution in [2.45, 2.75) is 57.2 Å². The summed E-state index contributed by atoms with van der Waals surface area (Å²) in [6.07, 6.45) is 3.38. The summed E-state index contributed by atoms with van der Waals surface area (Å²) in [7, 11) is 0. The second kappa shape index (κ2) is 4.06. The minimum Gasteiger partial charge on any atom is -0.550 e. The molecule has 8 atom stereocenters. The van der Waals surface area contributed by atoms with Crippen LogP contribution in [0, 0.1) is 34.5 Å². The Bertz CT molecular complexity index is 685. The lowest BCUT2D eigenvalue weighted by molar-refractivity contribution is -0.318. The Hall–Kier alpha value is -1.36. The highest BCUT2D eigenvalue weighted by Crippen LogP contribution is 2.77. The van der Waals surface area contributed by atoms with E-state index in [9.17, 15) is 19.8 Å². The van der Waals surface area contributed by atoms with Gasteiger partial charge in [0.2, 0.25) is 0 Å². The van der Waals surface area contributed by atoms with Crippen molar-refractivity contribution in [1.82, 2.24) is 0 Å². The number of carbonyl (C=O) groups is 2. The van der Waals surface area contributed by atoms with Gasteiger partial charge in [-0.15, -0.1) is 0 Å². The van der Waals surface area contributed by atoms with Crippen LogP contribution in [0.5, 0.6) is 0 Å². The molecule has 5 nitrogen and oxygen atoms in total. The van der Waals surface area contributed by atoms with Crippen LogP contribution in [0.25, 0.3) is 0 Å². The van der Waals surface area contributed by atoms with Crippen LogP contribution in [-0.2, 0) is 14.3 Å². The Labute approximate surface area is 141 Å². The zero-order valence-corrected chi connectivity index (χ0v) is 13.9. The van der Waals surface area contributed by atoms with Crippen LogP contribution in [0.1, 0.15) is 45.4 Å². The third-order valence-electron chi connectivity index (χ3n) is 8.23. The standard InChI is InChI=1S/C19H24O5/c1-9-5-18-6-10(9)3-4-12(18)19-8-11(20)7-17(2,16(23)24-19)14(19)13(18)15(21)22/h10-14,20H,1,3-8H2,2H3,(H,21,22)/p-1/t10-,11-,12-,13-,14-,17+,18+,19-/m1/s1. The number of aliphatic hydroxyl groups excluding tert-OH is 1. The smallest absolute Gasteiger partial charge is 0.312 e. The van der Waals surface area contributed by atoms with E-state index in [0.717, 1.165) is 24.8 Å². The summed E-state index contributed by atoms with van der Waals surface area (Å²) >= 11 is 0. The summed E-state index contributed by atoms with van der Waals surface area (Å²) in [5.41, 5.74) is -1.01. The van der Waals surface area contributed by atoms with Crippen LogP contribution in [0.2, 0.25) is 0 Å². The molecule has 0 radical (unpaired) electrons. The number of aliphatic carboxylic acids is 1. The van der Waals surface area contributed by atoms with Crippen LogP contribution in [0.4, 0.5) is 0 Å². The average molecular weight is 331 g/mol. The van der Waals surface area contributed by atoms with Crippen molar-refractivity contribution in [3.05, 3.63) is 12.2 Å². The fraction of sp³-hybridized carbons (Fsp3) is 0.789. The number of rotatable bonds is 1. The second-order valence-electron chi connectivity index (χ2n) is 9.20. The van der Waals surface area contributed by atoms with Gasteiger partial charge in [0.1, 0.15) is 5.60 Å². The van der Waals surface area contributed by atoms with Crippen LogP contribution in [-0.4, -0.2) is 28.8 Å². The normalized spacial score (nSPS) is 57.5. The molecule has 5 aliphatic rings. The molecule has 4 saturated carbocycles. The number of esters is 1. The first-order valence-electron chi connectivity index (χ1n) is 9.05. The molecule has 5 rings (SSSR count). The number of carboxylic acid groups (broad SMARTS) is 1. The molecular weight excluding hydrogens is 308 g/mol.